The predicted molar refractivity (Wildman–Crippen MR) is 68.5 cm³/mol. The number of aliphatic imine (C=N–C) groups is 1. The number of rotatable bonds is 2. The first-order valence-electron chi connectivity index (χ1n) is 5.51. The zero-order valence-electron chi connectivity index (χ0n) is 10.8. The van der Waals surface area contributed by atoms with Gasteiger partial charge in [0.05, 0.1) is 6.54 Å². The highest BCUT2D eigenvalue weighted by molar-refractivity contribution is 5.80. The van der Waals surface area contributed by atoms with E-state index in [9.17, 15) is 0 Å². The van der Waals surface area contributed by atoms with Gasteiger partial charge in [0, 0.05) is 31.5 Å². The average molecular weight is 222 g/mol. The summed E-state index contributed by atoms with van der Waals surface area (Å²) in [5.41, 5.74) is 1.26. The molecule has 0 saturated heterocycles. The fraction of sp³-hybridized carbons (Fsp3) is 0.583. The van der Waals surface area contributed by atoms with Gasteiger partial charge >= 0.3 is 0 Å². The molecule has 0 bridgehead atoms. The van der Waals surface area contributed by atoms with Crippen LogP contribution in [-0.2, 0) is 13.6 Å². The van der Waals surface area contributed by atoms with E-state index < -0.39 is 0 Å². The molecule has 2 N–H and O–H groups in total. The lowest BCUT2D eigenvalue weighted by Crippen LogP contribution is -2.47. The quantitative estimate of drug-likeness (QED) is 0.588. The Hall–Kier alpha value is -1.45. The van der Waals surface area contributed by atoms with Crippen LogP contribution < -0.4 is 10.6 Å². The molecular formula is C12H22N4. The van der Waals surface area contributed by atoms with Crippen molar-refractivity contribution in [3.05, 3.63) is 24.0 Å². The Bertz CT molecular complexity index is 357. The Kier molecular flexibility index (Phi) is 3.99. The van der Waals surface area contributed by atoms with Crippen molar-refractivity contribution in [3.63, 3.8) is 0 Å². The van der Waals surface area contributed by atoms with E-state index in [1.807, 2.05) is 19.3 Å². The first-order valence-corrected chi connectivity index (χ1v) is 5.51. The maximum Gasteiger partial charge on any atom is 0.191 e. The Morgan fingerprint density at radius 3 is 2.56 bits per heavy atom. The maximum absolute atomic E-state index is 4.19. The topological polar surface area (TPSA) is 41.4 Å². The van der Waals surface area contributed by atoms with Crippen LogP contribution in [0.5, 0.6) is 0 Å². The van der Waals surface area contributed by atoms with E-state index >= 15 is 0 Å². The zero-order valence-corrected chi connectivity index (χ0v) is 10.8. The summed E-state index contributed by atoms with van der Waals surface area (Å²) < 4.78 is 2.09. The highest BCUT2D eigenvalue weighted by atomic mass is 15.2. The third kappa shape index (κ3) is 3.96. The number of aromatic nitrogens is 1. The van der Waals surface area contributed by atoms with Crippen LogP contribution in [0.4, 0.5) is 0 Å². The van der Waals surface area contributed by atoms with Gasteiger partial charge in [0.2, 0.25) is 0 Å². The molecule has 0 atom stereocenters. The first-order chi connectivity index (χ1) is 7.42. The summed E-state index contributed by atoms with van der Waals surface area (Å²) in [6, 6.07) is 4.13. The minimum atomic E-state index is 0.0239. The van der Waals surface area contributed by atoms with Gasteiger partial charge in [-0.15, -0.1) is 0 Å². The molecule has 0 aliphatic carbocycles. The number of nitrogens with one attached hydrogen (secondary N) is 2. The van der Waals surface area contributed by atoms with Crippen molar-refractivity contribution in [1.29, 1.82) is 0 Å². The summed E-state index contributed by atoms with van der Waals surface area (Å²) >= 11 is 0. The zero-order chi connectivity index (χ0) is 12.2. The lowest BCUT2D eigenvalue weighted by atomic mass is 10.1. The molecule has 0 aliphatic heterocycles. The summed E-state index contributed by atoms with van der Waals surface area (Å²) in [6.45, 7) is 7.12. The number of aryl methyl sites for hydroxylation is 1. The van der Waals surface area contributed by atoms with Crippen LogP contribution in [-0.4, -0.2) is 23.1 Å². The van der Waals surface area contributed by atoms with Gasteiger partial charge in [0.15, 0.2) is 5.96 Å². The van der Waals surface area contributed by atoms with Crippen LogP contribution in [0, 0.1) is 0 Å². The molecule has 0 amide bonds. The van der Waals surface area contributed by atoms with Gasteiger partial charge in [-0.3, -0.25) is 4.99 Å². The smallest absolute Gasteiger partial charge is 0.191 e. The van der Waals surface area contributed by atoms with Crippen LogP contribution in [0.15, 0.2) is 23.3 Å². The molecule has 90 valence electrons. The molecule has 1 rings (SSSR count). The van der Waals surface area contributed by atoms with Crippen molar-refractivity contribution < 1.29 is 0 Å². The summed E-state index contributed by atoms with van der Waals surface area (Å²) in [5, 5.41) is 6.60. The summed E-state index contributed by atoms with van der Waals surface area (Å²) in [4.78, 5) is 4.19. The Balaban J connectivity index is 2.51. The summed E-state index contributed by atoms with van der Waals surface area (Å²) in [6.07, 6.45) is 2.04. The number of nitrogens with zero attached hydrogens (tertiary/aromatic N) is 2. The number of hydrogen-bond donors (Lipinski definition) is 2. The Morgan fingerprint density at radius 1 is 1.44 bits per heavy atom. The molecule has 1 aromatic rings. The second-order valence-electron chi connectivity index (χ2n) is 4.91. The largest absolute Gasteiger partial charge is 0.353 e. The van der Waals surface area contributed by atoms with Gasteiger partial charge in [-0.1, -0.05) is 0 Å². The molecule has 0 aliphatic rings. The monoisotopic (exact) mass is 222 g/mol. The lowest BCUT2D eigenvalue weighted by molar-refractivity contribution is 0.500. The highest BCUT2D eigenvalue weighted by Crippen LogP contribution is 2.00. The van der Waals surface area contributed by atoms with Gasteiger partial charge in [0.1, 0.15) is 0 Å². The van der Waals surface area contributed by atoms with E-state index in [1.54, 1.807) is 7.05 Å². The number of guanidine groups is 1. The molecule has 16 heavy (non-hydrogen) atoms. The van der Waals surface area contributed by atoms with E-state index in [-0.39, 0.29) is 5.54 Å². The molecule has 0 saturated carbocycles. The van der Waals surface area contributed by atoms with Crippen LogP contribution in [0.3, 0.4) is 0 Å². The lowest BCUT2D eigenvalue weighted by Gasteiger charge is -2.23. The molecule has 1 aromatic heterocycles. The minimum absolute atomic E-state index is 0.0239. The van der Waals surface area contributed by atoms with Gasteiger partial charge in [-0.05, 0) is 32.9 Å². The van der Waals surface area contributed by atoms with Gasteiger partial charge in [0.25, 0.3) is 0 Å². The highest BCUT2D eigenvalue weighted by Gasteiger charge is 2.11. The Morgan fingerprint density at radius 2 is 2.12 bits per heavy atom. The van der Waals surface area contributed by atoms with Gasteiger partial charge < -0.3 is 15.2 Å². The van der Waals surface area contributed by atoms with E-state index in [4.69, 9.17) is 0 Å². The minimum Gasteiger partial charge on any atom is -0.353 e. The first kappa shape index (κ1) is 12.6. The molecule has 4 nitrogen and oxygen atoms in total. The van der Waals surface area contributed by atoms with Crippen molar-refractivity contribution in [2.75, 3.05) is 7.05 Å². The molecule has 0 fully saturated rings. The predicted octanol–water partition coefficient (Wildman–Crippen LogP) is 1.49. The van der Waals surface area contributed by atoms with Crippen LogP contribution in [0.1, 0.15) is 26.5 Å². The Labute approximate surface area is 97.8 Å². The van der Waals surface area contributed by atoms with Crippen molar-refractivity contribution >= 4 is 5.96 Å². The standard InChI is InChI=1S/C12H22N4/c1-12(2,3)15-11(13-4)14-9-10-7-6-8-16(10)5/h6-8H,9H2,1-5H3,(H2,13,14,15). The summed E-state index contributed by atoms with van der Waals surface area (Å²) in [5.74, 6) is 0.827. The summed E-state index contributed by atoms with van der Waals surface area (Å²) in [7, 11) is 3.82. The second kappa shape index (κ2) is 5.05. The van der Waals surface area contributed by atoms with Crippen molar-refractivity contribution in [1.82, 2.24) is 15.2 Å². The SMILES string of the molecule is CN=C(NCc1cccn1C)NC(C)(C)C. The van der Waals surface area contributed by atoms with Crippen LogP contribution in [0.2, 0.25) is 0 Å². The molecular weight excluding hydrogens is 200 g/mol. The molecule has 4 heteroatoms. The second-order valence-corrected chi connectivity index (χ2v) is 4.91. The third-order valence-electron chi connectivity index (χ3n) is 2.21. The number of hydrogen-bond acceptors (Lipinski definition) is 1. The maximum atomic E-state index is 4.19. The van der Waals surface area contributed by atoms with Crippen molar-refractivity contribution in [3.8, 4) is 0 Å². The molecule has 0 unspecified atom stereocenters. The van der Waals surface area contributed by atoms with E-state index in [0.29, 0.717) is 0 Å². The van der Waals surface area contributed by atoms with Crippen LogP contribution >= 0.6 is 0 Å². The van der Waals surface area contributed by atoms with Gasteiger partial charge in [-0.2, -0.15) is 0 Å². The van der Waals surface area contributed by atoms with E-state index in [2.05, 4.69) is 47.0 Å². The van der Waals surface area contributed by atoms with Gasteiger partial charge in [-0.25, -0.2) is 0 Å². The molecule has 0 spiro atoms. The normalized spacial score (nSPS) is 12.7. The van der Waals surface area contributed by atoms with E-state index in [0.717, 1.165) is 12.5 Å². The van der Waals surface area contributed by atoms with Crippen molar-refractivity contribution in [2.45, 2.75) is 32.9 Å². The fourth-order valence-electron chi connectivity index (χ4n) is 1.39. The third-order valence-corrected chi connectivity index (χ3v) is 2.21. The van der Waals surface area contributed by atoms with Crippen molar-refractivity contribution in [2.24, 2.45) is 12.0 Å². The fourth-order valence-corrected chi connectivity index (χ4v) is 1.39. The van der Waals surface area contributed by atoms with Crippen LogP contribution in [0.25, 0.3) is 0 Å². The molecule has 0 radical (unpaired) electrons. The average Bonchev–Trinajstić information content (AvgIpc) is 2.57. The van der Waals surface area contributed by atoms with E-state index in [1.165, 1.54) is 5.69 Å². The molecule has 0 aromatic carbocycles. The molecule has 1 heterocycles.